The molecule has 0 heterocycles. The van der Waals surface area contributed by atoms with E-state index in [1.54, 1.807) is 24.3 Å². The van der Waals surface area contributed by atoms with E-state index in [0.717, 1.165) is 11.1 Å². The van der Waals surface area contributed by atoms with Crippen LogP contribution in [-0.2, 0) is 14.6 Å². The number of hydrogen-bond donors (Lipinski definition) is 1. The van der Waals surface area contributed by atoms with Gasteiger partial charge in [0.05, 0.1) is 17.1 Å². The molecule has 0 amide bonds. The van der Waals surface area contributed by atoms with Crippen LogP contribution in [0, 0.1) is 0 Å². The summed E-state index contributed by atoms with van der Waals surface area (Å²) in [5.74, 6) is -1.53. The summed E-state index contributed by atoms with van der Waals surface area (Å²) in [5.41, 5.74) is 1.79. The second-order valence-electron chi connectivity index (χ2n) is 4.49. The van der Waals surface area contributed by atoms with Crippen molar-refractivity contribution in [2.45, 2.75) is 11.3 Å². The fourth-order valence-electron chi connectivity index (χ4n) is 1.84. The van der Waals surface area contributed by atoms with Gasteiger partial charge in [-0.1, -0.05) is 35.9 Å². The Kier molecular flexibility index (Phi) is 4.65. The lowest BCUT2D eigenvalue weighted by Crippen LogP contribution is -2.10. The monoisotopic (exact) mass is 324 g/mol. The van der Waals surface area contributed by atoms with Crippen molar-refractivity contribution < 1.29 is 18.3 Å². The van der Waals surface area contributed by atoms with Crippen molar-refractivity contribution in [3.63, 3.8) is 0 Å². The lowest BCUT2D eigenvalue weighted by Gasteiger charge is -2.05. The van der Waals surface area contributed by atoms with Gasteiger partial charge in [0.25, 0.3) is 0 Å². The summed E-state index contributed by atoms with van der Waals surface area (Å²) in [6.45, 7) is 0. The molecule has 0 spiro atoms. The summed E-state index contributed by atoms with van der Waals surface area (Å²) in [5, 5.41) is 9.19. The molecule has 6 heteroatoms. The predicted octanol–water partition coefficient (Wildman–Crippen LogP) is 3.26. The van der Waals surface area contributed by atoms with Gasteiger partial charge in [-0.15, -0.1) is 0 Å². The molecule has 0 saturated carbocycles. The van der Waals surface area contributed by atoms with Crippen molar-refractivity contribution in [2.75, 3.05) is 5.75 Å². The van der Waals surface area contributed by atoms with Crippen LogP contribution in [0.25, 0.3) is 11.1 Å². The third kappa shape index (κ3) is 4.06. The predicted molar refractivity (Wildman–Crippen MR) is 81.2 cm³/mol. The van der Waals surface area contributed by atoms with E-state index in [-0.39, 0.29) is 4.90 Å². The average Bonchev–Trinajstić information content (AvgIpc) is 2.46. The number of sulfone groups is 1. The Hall–Kier alpha value is -1.85. The van der Waals surface area contributed by atoms with Gasteiger partial charge in [-0.2, -0.15) is 0 Å². The molecule has 0 aliphatic carbocycles. The van der Waals surface area contributed by atoms with E-state index in [9.17, 15) is 13.2 Å². The molecule has 0 aliphatic heterocycles. The fourth-order valence-corrected chi connectivity index (χ4v) is 3.19. The number of carboxylic acid groups (broad SMARTS) is 1. The average molecular weight is 325 g/mol. The highest BCUT2D eigenvalue weighted by Crippen LogP contribution is 2.23. The van der Waals surface area contributed by atoms with Crippen LogP contribution < -0.4 is 0 Å². The summed E-state index contributed by atoms with van der Waals surface area (Å²) in [6, 6.07) is 13.6. The number of aliphatic carboxylic acids is 1. The van der Waals surface area contributed by atoms with Gasteiger partial charge in [0, 0.05) is 5.02 Å². The van der Waals surface area contributed by atoms with Gasteiger partial charge in [0.15, 0.2) is 9.84 Å². The molecular weight excluding hydrogens is 312 g/mol. The molecule has 0 saturated heterocycles. The van der Waals surface area contributed by atoms with Gasteiger partial charge in [0.2, 0.25) is 0 Å². The van der Waals surface area contributed by atoms with E-state index in [0.29, 0.717) is 5.02 Å². The third-order valence-corrected chi connectivity index (χ3v) is 4.96. The number of benzene rings is 2. The first-order chi connectivity index (χ1) is 9.88. The molecule has 0 bridgehead atoms. The van der Waals surface area contributed by atoms with E-state index in [4.69, 9.17) is 16.7 Å². The molecule has 0 radical (unpaired) electrons. The van der Waals surface area contributed by atoms with Crippen LogP contribution in [0.1, 0.15) is 6.42 Å². The molecule has 110 valence electrons. The van der Waals surface area contributed by atoms with Crippen LogP contribution in [-0.4, -0.2) is 25.2 Å². The second-order valence-corrected chi connectivity index (χ2v) is 7.04. The summed E-state index contributed by atoms with van der Waals surface area (Å²) in [7, 11) is -3.56. The highest BCUT2D eigenvalue weighted by Gasteiger charge is 2.16. The molecule has 4 nitrogen and oxygen atoms in total. The Balaban J connectivity index is 2.22. The molecule has 2 rings (SSSR count). The fraction of sp³-hybridized carbons (Fsp3) is 0.133. The molecular formula is C15H13ClO4S. The first-order valence-electron chi connectivity index (χ1n) is 6.19. The van der Waals surface area contributed by atoms with Gasteiger partial charge < -0.3 is 5.11 Å². The number of halogens is 1. The van der Waals surface area contributed by atoms with Gasteiger partial charge >= 0.3 is 5.97 Å². The smallest absolute Gasteiger partial charge is 0.304 e. The topological polar surface area (TPSA) is 71.4 Å². The van der Waals surface area contributed by atoms with Crippen LogP contribution in [0.3, 0.4) is 0 Å². The van der Waals surface area contributed by atoms with Crippen LogP contribution in [0.2, 0.25) is 5.02 Å². The quantitative estimate of drug-likeness (QED) is 0.916. The minimum absolute atomic E-state index is 0.126. The minimum Gasteiger partial charge on any atom is -0.481 e. The molecule has 2 aromatic carbocycles. The molecule has 0 atom stereocenters. The van der Waals surface area contributed by atoms with Crippen LogP contribution in [0.5, 0.6) is 0 Å². The highest BCUT2D eigenvalue weighted by molar-refractivity contribution is 7.91. The highest BCUT2D eigenvalue weighted by atomic mass is 35.5. The summed E-state index contributed by atoms with van der Waals surface area (Å²) in [4.78, 5) is 10.6. The van der Waals surface area contributed by atoms with Crippen molar-refractivity contribution >= 4 is 27.4 Å². The largest absolute Gasteiger partial charge is 0.481 e. The van der Waals surface area contributed by atoms with Gasteiger partial charge in [-0.25, -0.2) is 8.42 Å². The van der Waals surface area contributed by atoms with Crippen molar-refractivity contribution in [2.24, 2.45) is 0 Å². The van der Waals surface area contributed by atoms with Gasteiger partial charge in [-0.3, -0.25) is 4.79 Å². The maximum Gasteiger partial charge on any atom is 0.304 e. The first kappa shape index (κ1) is 15.5. The zero-order valence-electron chi connectivity index (χ0n) is 11.0. The zero-order chi connectivity index (χ0) is 15.5. The third-order valence-electron chi connectivity index (χ3n) is 2.98. The Labute approximate surface area is 127 Å². The Morgan fingerprint density at radius 3 is 1.90 bits per heavy atom. The van der Waals surface area contributed by atoms with Gasteiger partial charge in [0.1, 0.15) is 0 Å². The van der Waals surface area contributed by atoms with Crippen LogP contribution in [0.15, 0.2) is 53.4 Å². The van der Waals surface area contributed by atoms with Crippen LogP contribution >= 0.6 is 11.6 Å². The van der Waals surface area contributed by atoms with Crippen molar-refractivity contribution in [3.05, 3.63) is 53.6 Å². The Morgan fingerprint density at radius 2 is 1.43 bits per heavy atom. The summed E-state index contributed by atoms with van der Waals surface area (Å²) >= 11 is 5.82. The van der Waals surface area contributed by atoms with Gasteiger partial charge in [-0.05, 0) is 35.4 Å². The van der Waals surface area contributed by atoms with E-state index in [1.807, 2.05) is 12.1 Å². The zero-order valence-corrected chi connectivity index (χ0v) is 12.6. The summed E-state index contributed by atoms with van der Waals surface area (Å²) in [6.07, 6.45) is -0.402. The summed E-state index contributed by atoms with van der Waals surface area (Å²) < 4.78 is 23.9. The maximum absolute atomic E-state index is 11.9. The van der Waals surface area contributed by atoms with E-state index in [1.165, 1.54) is 12.1 Å². The van der Waals surface area contributed by atoms with Crippen LogP contribution in [0.4, 0.5) is 0 Å². The molecule has 0 unspecified atom stereocenters. The molecule has 2 aromatic rings. The first-order valence-corrected chi connectivity index (χ1v) is 8.22. The van der Waals surface area contributed by atoms with E-state index >= 15 is 0 Å². The normalized spacial score (nSPS) is 11.3. The SMILES string of the molecule is O=C(O)CCS(=O)(=O)c1ccc(-c2ccc(Cl)cc2)cc1. The number of carboxylic acids is 1. The Bertz CT molecular complexity index is 734. The molecule has 0 aromatic heterocycles. The molecule has 0 aliphatic rings. The van der Waals surface area contributed by atoms with E-state index in [2.05, 4.69) is 0 Å². The van der Waals surface area contributed by atoms with Crippen molar-refractivity contribution in [1.29, 1.82) is 0 Å². The Morgan fingerprint density at radius 1 is 0.952 bits per heavy atom. The lowest BCUT2D eigenvalue weighted by atomic mass is 10.1. The number of carbonyl (C=O) groups is 1. The standard InChI is InChI=1S/C15H13ClO4S/c16-13-5-1-11(2-6-13)12-3-7-14(8-4-12)21(19,20)10-9-15(17)18/h1-8H,9-10H2,(H,17,18). The minimum atomic E-state index is -3.56. The molecule has 1 N–H and O–H groups in total. The van der Waals surface area contributed by atoms with Crippen molar-refractivity contribution in [1.82, 2.24) is 0 Å². The van der Waals surface area contributed by atoms with E-state index < -0.39 is 28.0 Å². The van der Waals surface area contributed by atoms with Crippen molar-refractivity contribution in [3.8, 4) is 11.1 Å². The number of rotatable bonds is 5. The second kappa shape index (κ2) is 6.28. The molecule has 21 heavy (non-hydrogen) atoms. The lowest BCUT2D eigenvalue weighted by molar-refractivity contribution is -0.136. The maximum atomic E-state index is 11.9. The number of hydrogen-bond acceptors (Lipinski definition) is 3. The molecule has 0 fully saturated rings.